The second kappa shape index (κ2) is 5.07. The second-order valence-electron chi connectivity index (χ2n) is 4.07. The Labute approximate surface area is 94.9 Å². The number of aliphatic hydroxyl groups excluding tert-OH is 1. The van der Waals surface area contributed by atoms with Gasteiger partial charge in [0, 0.05) is 24.3 Å². The van der Waals surface area contributed by atoms with Crippen molar-refractivity contribution in [1.82, 2.24) is 4.98 Å². The number of carbonyl (C=O) groups excluding carboxylic acids is 1. The minimum absolute atomic E-state index is 0.133. The van der Waals surface area contributed by atoms with Crippen LogP contribution in [0, 0.1) is 0 Å². The average molecular weight is 220 g/mol. The first-order valence-electron chi connectivity index (χ1n) is 5.64. The first kappa shape index (κ1) is 11.1. The van der Waals surface area contributed by atoms with E-state index in [1.807, 2.05) is 6.07 Å². The van der Waals surface area contributed by atoms with Crippen molar-refractivity contribution in [3.63, 3.8) is 0 Å². The largest absolute Gasteiger partial charge is 0.395 e. The van der Waals surface area contributed by atoms with E-state index < -0.39 is 0 Å². The summed E-state index contributed by atoms with van der Waals surface area (Å²) in [6.45, 7) is 0.742. The van der Waals surface area contributed by atoms with Crippen LogP contribution in [0.15, 0.2) is 18.3 Å². The van der Waals surface area contributed by atoms with E-state index in [-0.39, 0.29) is 6.61 Å². The molecule has 1 N–H and O–H groups in total. The summed E-state index contributed by atoms with van der Waals surface area (Å²) >= 11 is 0. The molecule has 0 unspecified atom stereocenters. The third-order valence-electron chi connectivity index (χ3n) is 3.06. The SMILES string of the molecule is O=Cc1ccc(N(CCO)C2CCC2)nc1. The summed E-state index contributed by atoms with van der Waals surface area (Å²) in [5.74, 6) is 0.851. The van der Waals surface area contributed by atoms with Gasteiger partial charge >= 0.3 is 0 Å². The summed E-state index contributed by atoms with van der Waals surface area (Å²) in [6, 6.07) is 4.11. The summed E-state index contributed by atoms with van der Waals surface area (Å²) in [5, 5.41) is 9.04. The molecule has 0 bridgehead atoms. The molecule has 0 spiro atoms. The van der Waals surface area contributed by atoms with E-state index in [0.717, 1.165) is 24.9 Å². The van der Waals surface area contributed by atoms with Crippen LogP contribution in [0.2, 0.25) is 0 Å². The van der Waals surface area contributed by atoms with Crippen molar-refractivity contribution >= 4 is 12.1 Å². The Balaban J connectivity index is 2.13. The van der Waals surface area contributed by atoms with Crippen LogP contribution in [0.3, 0.4) is 0 Å². The van der Waals surface area contributed by atoms with Crippen LogP contribution >= 0.6 is 0 Å². The number of anilines is 1. The molecule has 1 aromatic heterocycles. The Morgan fingerprint density at radius 1 is 1.50 bits per heavy atom. The number of rotatable bonds is 5. The molecule has 1 heterocycles. The van der Waals surface area contributed by atoms with Gasteiger partial charge in [0.15, 0.2) is 6.29 Å². The van der Waals surface area contributed by atoms with Gasteiger partial charge in [0.2, 0.25) is 0 Å². The topological polar surface area (TPSA) is 53.4 Å². The lowest BCUT2D eigenvalue weighted by molar-refractivity contribution is 0.112. The van der Waals surface area contributed by atoms with Gasteiger partial charge < -0.3 is 10.0 Å². The minimum Gasteiger partial charge on any atom is -0.395 e. The zero-order chi connectivity index (χ0) is 11.4. The number of carbonyl (C=O) groups is 1. The van der Waals surface area contributed by atoms with E-state index in [2.05, 4.69) is 9.88 Å². The standard InChI is InChI=1S/C12H16N2O2/c15-7-6-14(11-2-1-3-11)12-5-4-10(9-16)8-13-12/h4-5,8-9,11,15H,1-3,6-7H2. The number of hydrogen-bond donors (Lipinski definition) is 1. The van der Waals surface area contributed by atoms with Crippen molar-refractivity contribution in [3.05, 3.63) is 23.9 Å². The molecule has 1 aliphatic carbocycles. The smallest absolute Gasteiger partial charge is 0.151 e. The number of aliphatic hydroxyl groups is 1. The fourth-order valence-electron chi connectivity index (χ4n) is 1.93. The van der Waals surface area contributed by atoms with Crippen molar-refractivity contribution in [2.45, 2.75) is 25.3 Å². The molecule has 1 aliphatic rings. The first-order valence-corrected chi connectivity index (χ1v) is 5.64. The molecule has 1 saturated carbocycles. The highest BCUT2D eigenvalue weighted by atomic mass is 16.3. The summed E-state index contributed by atoms with van der Waals surface area (Å²) in [7, 11) is 0. The summed E-state index contributed by atoms with van der Waals surface area (Å²) in [5.41, 5.74) is 0.585. The molecule has 2 rings (SSSR count). The Morgan fingerprint density at radius 3 is 2.75 bits per heavy atom. The summed E-state index contributed by atoms with van der Waals surface area (Å²) in [6.07, 6.45) is 5.94. The molecule has 0 aliphatic heterocycles. The molecule has 16 heavy (non-hydrogen) atoms. The van der Waals surface area contributed by atoms with E-state index in [0.29, 0.717) is 18.2 Å². The lowest BCUT2D eigenvalue weighted by atomic mass is 9.91. The Hall–Kier alpha value is -1.42. The van der Waals surface area contributed by atoms with Crippen LogP contribution in [0.4, 0.5) is 5.82 Å². The van der Waals surface area contributed by atoms with Gasteiger partial charge in [-0.05, 0) is 31.4 Å². The Morgan fingerprint density at radius 2 is 2.31 bits per heavy atom. The molecule has 4 nitrogen and oxygen atoms in total. The van der Waals surface area contributed by atoms with Crippen LogP contribution in [0.1, 0.15) is 29.6 Å². The normalized spacial score (nSPS) is 15.6. The molecular weight excluding hydrogens is 204 g/mol. The fraction of sp³-hybridized carbons (Fsp3) is 0.500. The van der Waals surface area contributed by atoms with E-state index >= 15 is 0 Å². The van der Waals surface area contributed by atoms with E-state index in [1.54, 1.807) is 12.3 Å². The third kappa shape index (κ3) is 2.22. The van der Waals surface area contributed by atoms with Gasteiger partial charge in [-0.2, -0.15) is 0 Å². The molecule has 86 valence electrons. The Bertz CT molecular complexity index is 347. The molecule has 0 atom stereocenters. The predicted octanol–water partition coefficient (Wildman–Crippen LogP) is 1.25. The minimum atomic E-state index is 0.133. The summed E-state index contributed by atoms with van der Waals surface area (Å²) < 4.78 is 0. The maximum absolute atomic E-state index is 10.5. The van der Waals surface area contributed by atoms with Gasteiger partial charge in [0.05, 0.1) is 6.61 Å². The molecule has 1 aromatic rings. The second-order valence-corrected chi connectivity index (χ2v) is 4.07. The number of hydrogen-bond acceptors (Lipinski definition) is 4. The van der Waals surface area contributed by atoms with Crippen LogP contribution in [-0.4, -0.2) is 35.6 Å². The molecule has 4 heteroatoms. The van der Waals surface area contributed by atoms with Gasteiger partial charge in [-0.3, -0.25) is 4.79 Å². The number of aromatic nitrogens is 1. The van der Waals surface area contributed by atoms with Gasteiger partial charge in [0.1, 0.15) is 5.82 Å². The zero-order valence-electron chi connectivity index (χ0n) is 9.17. The van der Waals surface area contributed by atoms with Gasteiger partial charge in [-0.25, -0.2) is 4.98 Å². The highest BCUT2D eigenvalue weighted by Crippen LogP contribution is 2.28. The van der Waals surface area contributed by atoms with Crippen molar-refractivity contribution in [1.29, 1.82) is 0 Å². The lowest BCUT2D eigenvalue weighted by Gasteiger charge is -2.38. The van der Waals surface area contributed by atoms with E-state index in [9.17, 15) is 4.79 Å². The lowest BCUT2D eigenvalue weighted by Crippen LogP contribution is -2.42. The molecule has 1 fully saturated rings. The molecule has 0 saturated heterocycles. The molecule has 0 radical (unpaired) electrons. The molecule has 0 amide bonds. The maximum Gasteiger partial charge on any atom is 0.151 e. The van der Waals surface area contributed by atoms with Crippen LogP contribution in [0.25, 0.3) is 0 Å². The number of pyridine rings is 1. The first-order chi connectivity index (χ1) is 7.85. The van der Waals surface area contributed by atoms with E-state index in [1.165, 1.54) is 6.42 Å². The monoisotopic (exact) mass is 220 g/mol. The quantitative estimate of drug-likeness (QED) is 0.759. The van der Waals surface area contributed by atoms with Crippen molar-refractivity contribution in [3.8, 4) is 0 Å². The highest BCUT2D eigenvalue weighted by Gasteiger charge is 2.25. The number of aldehydes is 1. The van der Waals surface area contributed by atoms with Crippen molar-refractivity contribution < 1.29 is 9.90 Å². The van der Waals surface area contributed by atoms with Gasteiger partial charge in [-0.15, -0.1) is 0 Å². The van der Waals surface area contributed by atoms with Crippen molar-refractivity contribution in [2.75, 3.05) is 18.1 Å². The van der Waals surface area contributed by atoms with Gasteiger partial charge in [0.25, 0.3) is 0 Å². The maximum atomic E-state index is 10.5. The fourth-order valence-corrected chi connectivity index (χ4v) is 1.93. The Kier molecular flexibility index (Phi) is 3.51. The average Bonchev–Trinajstić information content (AvgIpc) is 2.26. The van der Waals surface area contributed by atoms with E-state index in [4.69, 9.17) is 5.11 Å². The number of nitrogens with zero attached hydrogens (tertiary/aromatic N) is 2. The zero-order valence-corrected chi connectivity index (χ0v) is 9.17. The van der Waals surface area contributed by atoms with Crippen LogP contribution in [0.5, 0.6) is 0 Å². The van der Waals surface area contributed by atoms with Gasteiger partial charge in [-0.1, -0.05) is 0 Å². The highest BCUT2D eigenvalue weighted by molar-refractivity contribution is 5.74. The van der Waals surface area contributed by atoms with Crippen LogP contribution < -0.4 is 4.90 Å². The van der Waals surface area contributed by atoms with Crippen LogP contribution in [-0.2, 0) is 0 Å². The molecule has 0 aromatic carbocycles. The predicted molar refractivity (Wildman–Crippen MR) is 61.7 cm³/mol. The third-order valence-corrected chi connectivity index (χ3v) is 3.06. The molecular formula is C12H16N2O2. The van der Waals surface area contributed by atoms with Crippen molar-refractivity contribution in [2.24, 2.45) is 0 Å². The summed E-state index contributed by atoms with van der Waals surface area (Å²) in [4.78, 5) is 16.9.